The zero-order valence-corrected chi connectivity index (χ0v) is 15.9. The molecule has 0 spiro atoms. The molecule has 2 amide bonds. The number of carbonyl (C=O) groups is 2. The van der Waals surface area contributed by atoms with E-state index in [-0.39, 0.29) is 11.8 Å². The lowest BCUT2D eigenvalue weighted by atomic mass is 10.2. The maximum atomic E-state index is 12.4. The van der Waals surface area contributed by atoms with Crippen LogP contribution >= 0.6 is 39.1 Å². The fraction of sp³-hybridized carbons (Fsp3) is 0.176. The van der Waals surface area contributed by atoms with Gasteiger partial charge < -0.3 is 10.6 Å². The molecule has 2 rings (SSSR count). The van der Waals surface area contributed by atoms with Crippen LogP contribution in [0.2, 0.25) is 10.0 Å². The number of rotatable bonds is 5. The minimum Gasteiger partial charge on any atom is -0.326 e. The Hall–Kier alpha value is -1.56. The third kappa shape index (κ3) is 4.97. The zero-order chi connectivity index (χ0) is 17.7. The van der Waals surface area contributed by atoms with Gasteiger partial charge in [0.25, 0.3) is 5.91 Å². The van der Waals surface area contributed by atoms with Gasteiger partial charge in [0.15, 0.2) is 0 Å². The predicted molar refractivity (Wildman–Crippen MR) is 102 cm³/mol. The molecule has 126 valence electrons. The number of anilines is 2. The first-order valence-corrected chi connectivity index (χ1v) is 8.81. The molecular weight excluding hydrogens is 415 g/mol. The van der Waals surface area contributed by atoms with Crippen LogP contribution < -0.4 is 10.6 Å². The highest BCUT2D eigenvalue weighted by atomic mass is 79.9. The van der Waals surface area contributed by atoms with E-state index >= 15 is 0 Å². The Balaban J connectivity index is 2.21. The van der Waals surface area contributed by atoms with E-state index in [1.54, 1.807) is 36.4 Å². The van der Waals surface area contributed by atoms with Crippen molar-refractivity contribution in [2.45, 2.75) is 19.8 Å². The first kappa shape index (κ1) is 18.8. The first-order valence-electron chi connectivity index (χ1n) is 7.26. The zero-order valence-electron chi connectivity index (χ0n) is 12.8. The molecule has 0 saturated carbocycles. The Morgan fingerprint density at radius 2 is 1.75 bits per heavy atom. The maximum absolute atomic E-state index is 12.4. The van der Waals surface area contributed by atoms with Gasteiger partial charge in [-0.2, -0.15) is 0 Å². The van der Waals surface area contributed by atoms with Crippen molar-refractivity contribution in [3.05, 3.63) is 56.5 Å². The normalized spacial score (nSPS) is 10.3. The van der Waals surface area contributed by atoms with Gasteiger partial charge in [-0.15, -0.1) is 0 Å². The molecule has 7 heteroatoms. The molecule has 2 N–H and O–H groups in total. The summed E-state index contributed by atoms with van der Waals surface area (Å²) in [5.41, 5.74) is 1.28. The minimum absolute atomic E-state index is 0.0906. The second-order valence-corrected chi connectivity index (χ2v) is 6.80. The van der Waals surface area contributed by atoms with E-state index in [0.717, 1.165) is 10.9 Å². The van der Waals surface area contributed by atoms with Gasteiger partial charge >= 0.3 is 0 Å². The standard InChI is InChI=1S/C17H15BrCl2N2O2/c1-2-3-16(23)21-11-5-7-14(20)15(9-11)22-17(24)12-8-10(18)4-6-13(12)19/h4-9H,2-3H2,1H3,(H,21,23)(H,22,24). The van der Waals surface area contributed by atoms with Crippen LogP contribution in [0.3, 0.4) is 0 Å². The molecule has 4 nitrogen and oxygen atoms in total. The third-order valence-corrected chi connectivity index (χ3v) is 4.30. The predicted octanol–water partition coefficient (Wildman–Crippen LogP) is 5.75. The van der Waals surface area contributed by atoms with Crippen LogP contribution in [0.25, 0.3) is 0 Å². The summed E-state index contributed by atoms with van der Waals surface area (Å²) >= 11 is 15.5. The number of hydrogen-bond donors (Lipinski definition) is 2. The molecule has 0 heterocycles. The summed E-state index contributed by atoms with van der Waals surface area (Å²) in [5.74, 6) is -0.479. The molecule has 0 fully saturated rings. The van der Waals surface area contributed by atoms with Crippen molar-refractivity contribution in [3.8, 4) is 0 Å². The van der Waals surface area contributed by atoms with E-state index in [1.165, 1.54) is 0 Å². The van der Waals surface area contributed by atoms with Crippen molar-refractivity contribution in [1.82, 2.24) is 0 Å². The van der Waals surface area contributed by atoms with Crippen LogP contribution in [0.5, 0.6) is 0 Å². The van der Waals surface area contributed by atoms with Crippen molar-refractivity contribution < 1.29 is 9.59 Å². The summed E-state index contributed by atoms with van der Waals surface area (Å²) in [7, 11) is 0. The molecule has 0 unspecified atom stereocenters. The molecule has 0 radical (unpaired) electrons. The van der Waals surface area contributed by atoms with Crippen LogP contribution in [0.15, 0.2) is 40.9 Å². The average Bonchev–Trinajstić information content (AvgIpc) is 2.53. The van der Waals surface area contributed by atoms with E-state index in [0.29, 0.717) is 33.4 Å². The van der Waals surface area contributed by atoms with Gasteiger partial charge in [-0.25, -0.2) is 0 Å². The largest absolute Gasteiger partial charge is 0.326 e. The lowest BCUT2D eigenvalue weighted by Crippen LogP contribution is -2.14. The topological polar surface area (TPSA) is 58.2 Å². The molecule has 0 aliphatic carbocycles. The van der Waals surface area contributed by atoms with Crippen molar-refractivity contribution in [1.29, 1.82) is 0 Å². The summed E-state index contributed by atoms with van der Waals surface area (Å²) in [6.07, 6.45) is 1.18. The molecule has 2 aromatic rings. The van der Waals surface area contributed by atoms with Gasteiger partial charge in [-0.05, 0) is 42.8 Å². The van der Waals surface area contributed by atoms with Crippen molar-refractivity contribution in [3.63, 3.8) is 0 Å². The van der Waals surface area contributed by atoms with Gasteiger partial charge in [0.1, 0.15) is 0 Å². The molecular formula is C17H15BrCl2N2O2. The SMILES string of the molecule is CCCC(=O)Nc1ccc(Cl)c(NC(=O)c2cc(Br)ccc2Cl)c1. The molecule has 24 heavy (non-hydrogen) atoms. The maximum Gasteiger partial charge on any atom is 0.257 e. The van der Waals surface area contributed by atoms with Crippen LogP contribution in [0, 0.1) is 0 Å². The summed E-state index contributed by atoms with van der Waals surface area (Å²) in [6.45, 7) is 1.93. The summed E-state index contributed by atoms with van der Waals surface area (Å²) in [4.78, 5) is 24.1. The molecule has 0 aliphatic rings. The number of benzene rings is 2. The second kappa shape index (κ2) is 8.51. The van der Waals surface area contributed by atoms with E-state index in [9.17, 15) is 9.59 Å². The molecule has 0 bridgehead atoms. The van der Waals surface area contributed by atoms with Crippen LogP contribution in [0.1, 0.15) is 30.1 Å². The Bertz CT molecular complexity index is 781. The molecule has 0 atom stereocenters. The molecule has 2 aromatic carbocycles. The molecule has 0 saturated heterocycles. The van der Waals surface area contributed by atoms with Crippen LogP contribution in [0.4, 0.5) is 11.4 Å². The van der Waals surface area contributed by atoms with Crippen LogP contribution in [-0.2, 0) is 4.79 Å². The Kier molecular flexibility index (Phi) is 6.66. The van der Waals surface area contributed by atoms with E-state index < -0.39 is 0 Å². The van der Waals surface area contributed by atoms with Crippen molar-refractivity contribution in [2.75, 3.05) is 10.6 Å². The van der Waals surface area contributed by atoms with Gasteiger partial charge in [-0.1, -0.05) is 46.1 Å². The second-order valence-electron chi connectivity index (χ2n) is 5.07. The Labute approximate surface area is 158 Å². The average molecular weight is 430 g/mol. The van der Waals surface area contributed by atoms with Gasteiger partial charge in [0, 0.05) is 16.6 Å². The highest BCUT2D eigenvalue weighted by Gasteiger charge is 2.13. The molecule has 0 aromatic heterocycles. The fourth-order valence-corrected chi connectivity index (χ4v) is 2.74. The summed E-state index contributed by atoms with van der Waals surface area (Å²) < 4.78 is 0.740. The number of halogens is 3. The first-order chi connectivity index (χ1) is 11.4. The van der Waals surface area contributed by atoms with Gasteiger partial charge in [0.05, 0.1) is 21.3 Å². The van der Waals surface area contributed by atoms with Gasteiger partial charge in [-0.3, -0.25) is 9.59 Å². The minimum atomic E-state index is -0.389. The Morgan fingerprint density at radius 1 is 1.04 bits per heavy atom. The lowest BCUT2D eigenvalue weighted by Gasteiger charge is -2.11. The van der Waals surface area contributed by atoms with Crippen molar-refractivity contribution in [2.24, 2.45) is 0 Å². The third-order valence-electron chi connectivity index (χ3n) is 3.15. The van der Waals surface area contributed by atoms with E-state index in [4.69, 9.17) is 23.2 Å². The van der Waals surface area contributed by atoms with Crippen LogP contribution in [-0.4, -0.2) is 11.8 Å². The lowest BCUT2D eigenvalue weighted by molar-refractivity contribution is -0.116. The quantitative estimate of drug-likeness (QED) is 0.635. The summed E-state index contributed by atoms with van der Waals surface area (Å²) in [5, 5.41) is 6.17. The van der Waals surface area contributed by atoms with Gasteiger partial charge in [0.2, 0.25) is 5.91 Å². The van der Waals surface area contributed by atoms with E-state index in [2.05, 4.69) is 26.6 Å². The Morgan fingerprint density at radius 3 is 2.46 bits per heavy atom. The number of hydrogen-bond acceptors (Lipinski definition) is 2. The highest BCUT2D eigenvalue weighted by Crippen LogP contribution is 2.28. The fourth-order valence-electron chi connectivity index (χ4n) is 2.01. The van der Waals surface area contributed by atoms with Crippen molar-refractivity contribution >= 4 is 62.3 Å². The summed E-state index contributed by atoms with van der Waals surface area (Å²) in [6, 6.07) is 9.90. The molecule has 0 aliphatic heterocycles. The monoisotopic (exact) mass is 428 g/mol. The number of nitrogens with one attached hydrogen (secondary N) is 2. The highest BCUT2D eigenvalue weighted by molar-refractivity contribution is 9.10. The number of carbonyl (C=O) groups excluding carboxylic acids is 2. The van der Waals surface area contributed by atoms with E-state index in [1.807, 2.05) is 6.92 Å². The number of amides is 2. The smallest absolute Gasteiger partial charge is 0.257 e.